The van der Waals surface area contributed by atoms with E-state index in [4.69, 9.17) is 4.74 Å². The number of alkyl halides is 2. The lowest BCUT2D eigenvalue weighted by Gasteiger charge is -2.08. The van der Waals surface area contributed by atoms with Gasteiger partial charge in [-0.2, -0.15) is 13.9 Å². The Balaban J connectivity index is 0.00000200. The van der Waals surface area contributed by atoms with E-state index in [2.05, 4.69) is 10.4 Å². The summed E-state index contributed by atoms with van der Waals surface area (Å²) in [4.78, 5) is 0. The normalized spacial score (nSPS) is 10.4. The second-order valence-corrected chi connectivity index (χ2v) is 3.98. The molecule has 0 aliphatic carbocycles. The fourth-order valence-corrected chi connectivity index (χ4v) is 1.75. The fraction of sp³-hybridized carbons (Fsp3) is 0.308. The van der Waals surface area contributed by atoms with E-state index in [1.54, 1.807) is 13.2 Å². The van der Waals surface area contributed by atoms with Crippen molar-refractivity contribution in [2.24, 2.45) is 0 Å². The highest BCUT2D eigenvalue weighted by Gasteiger charge is 2.07. The molecule has 0 amide bonds. The number of halogens is 3. The highest BCUT2D eigenvalue weighted by Crippen LogP contribution is 2.16. The van der Waals surface area contributed by atoms with Gasteiger partial charge in [-0.15, -0.1) is 12.4 Å². The predicted molar refractivity (Wildman–Crippen MR) is 74.3 cm³/mol. The second-order valence-electron chi connectivity index (χ2n) is 3.98. The molecule has 0 unspecified atom stereocenters. The second kappa shape index (κ2) is 7.81. The zero-order valence-corrected chi connectivity index (χ0v) is 11.7. The Morgan fingerprint density at radius 1 is 1.25 bits per heavy atom. The number of hydrogen-bond acceptors (Lipinski definition) is 3. The van der Waals surface area contributed by atoms with Crippen molar-refractivity contribution in [3.05, 3.63) is 47.8 Å². The van der Waals surface area contributed by atoms with Gasteiger partial charge in [0.25, 0.3) is 0 Å². The number of ether oxygens (including phenoxy) is 1. The van der Waals surface area contributed by atoms with Gasteiger partial charge in [-0.1, -0.05) is 18.2 Å². The average Bonchev–Trinajstić information content (AvgIpc) is 2.88. The molecule has 0 radical (unpaired) electrons. The monoisotopic (exact) mass is 303 g/mol. The van der Waals surface area contributed by atoms with Crippen LogP contribution < -0.4 is 10.1 Å². The Bertz CT molecular complexity index is 534. The van der Waals surface area contributed by atoms with Crippen molar-refractivity contribution in [1.82, 2.24) is 15.1 Å². The number of nitrogens with zero attached hydrogens (tertiary/aromatic N) is 2. The molecule has 110 valence electrons. The van der Waals surface area contributed by atoms with E-state index in [0.29, 0.717) is 23.5 Å². The lowest BCUT2D eigenvalue weighted by molar-refractivity contribution is 0.0561. The van der Waals surface area contributed by atoms with E-state index in [-0.39, 0.29) is 12.4 Å². The average molecular weight is 304 g/mol. The van der Waals surface area contributed by atoms with Crippen LogP contribution >= 0.6 is 12.4 Å². The van der Waals surface area contributed by atoms with Gasteiger partial charge in [0.2, 0.25) is 0 Å². The minimum absolute atomic E-state index is 0. The van der Waals surface area contributed by atoms with Gasteiger partial charge in [0.15, 0.2) is 0 Å². The van der Waals surface area contributed by atoms with Crippen LogP contribution in [0, 0.1) is 0 Å². The lowest BCUT2D eigenvalue weighted by atomic mass is 10.2. The van der Waals surface area contributed by atoms with E-state index in [9.17, 15) is 8.78 Å². The van der Waals surface area contributed by atoms with Gasteiger partial charge in [-0.3, -0.25) is 0 Å². The molecule has 20 heavy (non-hydrogen) atoms. The maximum atomic E-state index is 12.3. The number of benzene rings is 1. The Kier molecular flexibility index (Phi) is 6.41. The third-order valence-electron chi connectivity index (χ3n) is 2.68. The van der Waals surface area contributed by atoms with Crippen molar-refractivity contribution in [3.63, 3.8) is 0 Å². The molecule has 0 fully saturated rings. The first-order valence-electron chi connectivity index (χ1n) is 5.85. The van der Waals surface area contributed by atoms with Crippen LogP contribution in [-0.4, -0.2) is 16.9 Å². The minimum atomic E-state index is -2.59. The van der Waals surface area contributed by atoms with E-state index in [1.165, 1.54) is 6.20 Å². The summed E-state index contributed by atoms with van der Waals surface area (Å²) in [6.45, 7) is -1.58. The first-order chi connectivity index (χ1) is 9.20. The Hall–Kier alpha value is -1.66. The molecule has 0 saturated heterocycles. The molecule has 0 bridgehead atoms. The van der Waals surface area contributed by atoms with Crippen LogP contribution in [0.1, 0.15) is 17.8 Å². The zero-order valence-electron chi connectivity index (χ0n) is 10.9. The predicted octanol–water partition coefficient (Wildman–Crippen LogP) is 3.00. The van der Waals surface area contributed by atoms with Crippen molar-refractivity contribution in [1.29, 1.82) is 0 Å². The van der Waals surface area contributed by atoms with Crippen LogP contribution in [0.5, 0.6) is 5.75 Å². The van der Waals surface area contributed by atoms with Crippen molar-refractivity contribution in [3.8, 4) is 5.75 Å². The summed E-state index contributed by atoms with van der Waals surface area (Å²) in [6.07, 6.45) is 1.27. The van der Waals surface area contributed by atoms with Gasteiger partial charge in [0.05, 0.1) is 12.8 Å². The summed E-state index contributed by atoms with van der Waals surface area (Å²) in [5, 5.41) is 6.90. The van der Waals surface area contributed by atoms with Crippen LogP contribution in [0.2, 0.25) is 0 Å². The molecule has 0 aliphatic heterocycles. The van der Waals surface area contributed by atoms with Crippen LogP contribution in [-0.2, 0) is 13.1 Å². The summed E-state index contributed by atoms with van der Waals surface area (Å²) in [6, 6.07) is 9.21. The molecule has 0 atom stereocenters. The maximum Gasteiger partial charge on any atom is 0.333 e. The van der Waals surface area contributed by atoms with Gasteiger partial charge in [0.1, 0.15) is 5.75 Å². The molecule has 0 aliphatic rings. The largest absolute Gasteiger partial charge is 0.496 e. The first-order valence-corrected chi connectivity index (χ1v) is 5.85. The van der Waals surface area contributed by atoms with Crippen molar-refractivity contribution < 1.29 is 13.5 Å². The fourth-order valence-electron chi connectivity index (χ4n) is 1.75. The van der Waals surface area contributed by atoms with Crippen LogP contribution in [0.3, 0.4) is 0 Å². The van der Waals surface area contributed by atoms with E-state index in [0.717, 1.165) is 11.3 Å². The summed E-state index contributed by atoms with van der Waals surface area (Å²) < 4.78 is 30.5. The summed E-state index contributed by atoms with van der Waals surface area (Å²) in [7, 11) is 1.61. The molecule has 4 nitrogen and oxygen atoms in total. The number of aromatic nitrogens is 2. The SMILES string of the molecule is COc1ccccc1CNCc1ccn(C(F)F)n1.Cl. The van der Waals surface area contributed by atoms with Gasteiger partial charge < -0.3 is 10.1 Å². The van der Waals surface area contributed by atoms with E-state index in [1.807, 2.05) is 24.3 Å². The molecule has 1 N–H and O–H groups in total. The molecule has 2 aromatic rings. The van der Waals surface area contributed by atoms with E-state index < -0.39 is 6.55 Å². The Labute approximate surface area is 122 Å². The minimum Gasteiger partial charge on any atom is -0.496 e. The topological polar surface area (TPSA) is 39.1 Å². The van der Waals surface area contributed by atoms with Crippen molar-refractivity contribution in [2.75, 3.05) is 7.11 Å². The molecule has 0 spiro atoms. The number of nitrogens with one attached hydrogen (secondary N) is 1. The van der Waals surface area contributed by atoms with Crippen LogP contribution in [0.4, 0.5) is 8.78 Å². The summed E-state index contributed by atoms with van der Waals surface area (Å²) >= 11 is 0. The van der Waals surface area contributed by atoms with Crippen LogP contribution in [0.15, 0.2) is 36.5 Å². The number of rotatable bonds is 6. The molecular weight excluding hydrogens is 288 g/mol. The molecule has 1 aromatic carbocycles. The summed E-state index contributed by atoms with van der Waals surface area (Å²) in [5.41, 5.74) is 1.59. The lowest BCUT2D eigenvalue weighted by Crippen LogP contribution is -2.14. The molecule has 1 heterocycles. The van der Waals surface area contributed by atoms with E-state index >= 15 is 0 Å². The van der Waals surface area contributed by atoms with Gasteiger partial charge in [-0.25, -0.2) is 4.68 Å². The molecular formula is C13H16ClF2N3O. The smallest absolute Gasteiger partial charge is 0.333 e. The van der Waals surface area contributed by atoms with Crippen molar-refractivity contribution >= 4 is 12.4 Å². The first kappa shape index (κ1) is 16.4. The summed E-state index contributed by atoms with van der Waals surface area (Å²) in [5.74, 6) is 0.799. The number of hydrogen-bond donors (Lipinski definition) is 1. The Morgan fingerprint density at radius 2 is 2.00 bits per heavy atom. The highest BCUT2D eigenvalue weighted by molar-refractivity contribution is 5.85. The highest BCUT2D eigenvalue weighted by atomic mass is 35.5. The molecule has 0 saturated carbocycles. The standard InChI is InChI=1S/C13H15F2N3O.ClH/c1-19-12-5-3-2-4-10(12)8-16-9-11-6-7-18(17-11)13(14)15;/h2-7,13,16H,8-9H2,1H3;1H. The van der Waals surface area contributed by atoms with Crippen LogP contribution in [0.25, 0.3) is 0 Å². The Morgan fingerprint density at radius 3 is 2.65 bits per heavy atom. The zero-order chi connectivity index (χ0) is 13.7. The molecule has 2 rings (SSSR count). The number of methoxy groups -OCH3 is 1. The van der Waals surface area contributed by atoms with Gasteiger partial charge in [0, 0.05) is 24.8 Å². The maximum absolute atomic E-state index is 12.3. The van der Waals surface area contributed by atoms with Crippen molar-refractivity contribution in [2.45, 2.75) is 19.6 Å². The molecule has 7 heteroatoms. The number of para-hydroxylation sites is 1. The third kappa shape index (κ3) is 4.18. The van der Waals surface area contributed by atoms with Gasteiger partial charge in [-0.05, 0) is 12.1 Å². The molecule has 1 aromatic heterocycles. The quantitative estimate of drug-likeness (QED) is 0.891. The third-order valence-corrected chi connectivity index (χ3v) is 2.68. The van der Waals surface area contributed by atoms with Gasteiger partial charge >= 0.3 is 6.55 Å².